The highest BCUT2D eigenvalue weighted by molar-refractivity contribution is 7.98. The molecule has 1 aliphatic rings. The summed E-state index contributed by atoms with van der Waals surface area (Å²) >= 11 is 1.52. The number of nitrogens with one attached hydrogen (secondary N) is 2. The largest absolute Gasteiger partial charge is 0.381 e. The molecule has 0 saturated carbocycles. The fraction of sp³-hybridized carbons (Fsp3) is 0.440. The molecule has 2 N–H and O–H groups in total. The van der Waals surface area contributed by atoms with E-state index in [1.54, 1.807) is 0 Å². The number of hydrogen-bond acceptors (Lipinski definition) is 4. The number of aromatic nitrogens is 2. The van der Waals surface area contributed by atoms with Crippen LogP contribution in [-0.2, 0) is 11.3 Å². The Labute approximate surface area is 192 Å². The average molecular weight is 454 g/mol. The van der Waals surface area contributed by atoms with Crippen LogP contribution in [0, 0.1) is 19.8 Å². The highest BCUT2D eigenvalue weighted by atomic mass is 32.2. The number of fused-ring (bicyclic) bond motifs is 1. The minimum Gasteiger partial charge on any atom is -0.381 e. The lowest BCUT2D eigenvalue weighted by molar-refractivity contribution is 0.0517. The lowest BCUT2D eigenvalue weighted by atomic mass is 9.92. The molecule has 4 rings (SSSR count). The number of carbonyl (C=O) groups excluding carboxylic acids is 1. The van der Waals surface area contributed by atoms with Gasteiger partial charge in [0.25, 0.3) is 11.5 Å². The Balaban J connectivity index is 1.67. The van der Waals surface area contributed by atoms with Crippen LogP contribution < -0.4 is 10.9 Å². The van der Waals surface area contributed by atoms with Gasteiger partial charge in [-0.1, -0.05) is 18.2 Å². The highest BCUT2D eigenvalue weighted by Gasteiger charge is 2.27. The monoisotopic (exact) mass is 453 g/mol. The second-order valence-corrected chi connectivity index (χ2v) is 9.40. The van der Waals surface area contributed by atoms with Gasteiger partial charge in [-0.2, -0.15) is 0 Å². The van der Waals surface area contributed by atoms with Crippen molar-refractivity contribution in [2.75, 3.05) is 19.5 Å². The zero-order chi connectivity index (χ0) is 22.8. The van der Waals surface area contributed by atoms with Crippen LogP contribution in [0.5, 0.6) is 0 Å². The summed E-state index contributed by atoms with van der Waals surface area (Å²) in [5.41, 5.74) is 3.98. The van der Waals surface area contributed by atoms with E-state index in [2.05, 4.69) is 27.9 Å². The third-order valence-corrected chi connectivity index (χ3v) is 7.42. The number of thioether (sulfide) groups is 1. The summed E-state index contributed by atoms with van der Waals surface area (Å²) in [5.74, 6) is 0.369. The van der Waals surface area contributed by atoms with Crippen LogP contribution in [0.4, 0.5) is 0 Å². The smallest absolute Gasteiger partial charge is 0.254 e. The molecule has 0 unspecified atom stereocenters. The van der Waals surface area contributed by atoms with Gasteiger partial charge in [0.2, 0.25) is 0 Å². The summed E-state index contributed by atoms with van der Waals surface area (Å²) in [6, 6.07) is 10.3. The van der Waals surface area contributed by atoms with Gasteiger partial charge in [-0.25, -0.2) is 0 Å². The summed E-state index contributed by atoms with van der Waals surface area (Å²) in [4.78, 5) is 29.6. The molecule has 6 nitrogen and oxygen atoms in total. The Bertz CT molecular complexity index is 1190. The minimum atomic E-state index is -0.151. The Morgan fingerprint density at radius 2 is 2.00 bits per heavy atom. The molecule has 2 aromatic heterocycles. The average Bonchev–Trinajstić information content (AvgIpc) is 3.09. The second-order valence-electron chi connectivity index (χ2n) is 8.55. The molecule has 32 heavy (non-hydrogen) atoms. The standard InChI is InChI=1S/C25H31N3O3S/c1-15-13-22(32-4)20(24(29)27-15)14-26-25(30)23-17(3)28(21-8-6-5-7-19(21)23)16(2)18-9-11-31-12-10-18/h5-8,13,16,18H,9-12,14H2,1-4H3,(H,26,30)(H,27,29)/t16-/m1/s1. The van der Waals surface area contributed by atoms with Crippen molar-refractivity contribution in [1.82, 2.24) is 14.9 Å². The molecular formula is C25H31N3O3S. The number of nitrogens with zero attached hydrogens (tertiary/aromatic N) is 1. The van der Waals surface area contributed by atoms with Gasteiger partial charge in [0.05, 0.1) is 5.56 Å². The molecule has 0 radical (unpaired) electrons. The van der Waals surface area contributed by atoms with Crippen molar-refractivity contribution in [2.45, 2.75) is 51.1 Å². The lowest BCUT2D eigenvalue weighted by Crippen LogP contribution is -2.28. The van der Waals surface area contributed by atoms with Crippen molar-refractivity contribution >= 4 is 28.6 Å². The number of carbonyl (C=O) groups is 1. The topological polar surface area (TPSA) is 76.1 Å². The Kier molecular flexibility index (Phi) is 6.76. The van der Waals surface area contributed by atoms with E-state index in [1.165, 1.54) is 11.8 Å². The van der Waals surface area contributed by atoms with E-state index >= 15 is 0 Å². The summed E-state index contributed by atoms with van der Waals surface area (Å²) in [5, 5.41) is 3.96. The second kappa shape index (κ2) is 9.55. The fourth-order valence-corrected chi connectivity index (χ4v) is 5.61. The Morgan fingerprint density at radius 1 is 1.28 bits per heavy atom. The van der Waals surface area contributed by atoms with Gasteiger partial charge in [0.1, 0.15) is 0 Å². The first-order valence-corrected chi connectivity index (χ1v) is 12.4. The van der Waals surface area contributed by atoms with Gasteiger partial charge in [0, 0.05) is 58.6 Å². The van der Waals surface area contributed by atoms with Crippen molar-refractivity contribution in [2.24, 2.45) is 5.92 Å². The number of H-pyrrole nitrogens is 1. The molecule has 7 heteroatoms. The van der Waals surface area contributed by atoms with Crippen molar-refractivity contribution in [1.29, 1.82) is 0 Å². The number of benzene rings is 1. The van der Waals surface area contributed by atoms with Gasteiger partial charge in [0.15, 0.2) is 0 Å². The van der Waals surface area contributed by atoms with Crippen LogP contribution >= 0.6 is 11.8 Å². The third-order valence-electron chi connectivity index (χ3n) is 6.61. The van der Waals surface area contributed by atoms with E-state index in [-0.39, 0.29) is 24.1 Å². The van der Waals surface area contributed by atoms with E-state index in [1.807, 2.05) is 44.4 Å². The summed E-state index contributed by atoms with van der Waals surface area (Å²) in [6.07, 6.45) is 4.00. The number of amides is 1. The van der Waals surface area contributed by atoms with E-state index in [0.29, 0.717) is 17.0 Å². The van der Waals surface area contributed by atoms with E-state index in [0.717, 1.165) is 53.2 Å². The lowest BCUT2D eigenvalue weighted by Gasteiger charge is -2.30. The number of aromatic amines is 1. The molecule has 3 heterocycles. The first-order valence-electron chi connectivity index (χ1n) is 11.1. The summed E-state index contributed by atoms with van der Waals surface area (Å²) in [6.45, 7) is 7.91. The number of para-hydroxylation sites is 1. The van der Waals surface area contributed by atoms with Crippen molar-refractivity contribution < 1.29 is 9.53 Å². The zero-order valence-corrected chi connectivity index (χ0v) is 20.0. The van der Waals surface area contributed by atoms with Gasteiger partial charge in [-0.15, -0.1) is 11.8 Å². The van der Waals surface area contributed by atoms with Crippen LogP contribution in [0.25, 0.3) is 10.9 Å². The van der Waals surface area contributed by atoms with Crippen LogP contribution in [-0.4, -0.2) is 34.9 Å². The molecule has 0 aliphatic carbocycles. The molecule has 1 amide bonds. The molecule has 1 saturated heterocycles. The highest BCUT2D eigenvalue weighted by Crippen LogP contribution is 2.35. The predicted molar refractivity (Wildman–Crippen MR) is 130 cm³/mol. The third kappa shape index (κ3) is 4.24. The van der Waals surface area contributed by atoms with Gasteiger partial charge >= 0.3 is 0 Å². The van der Waals surface area contributed by atoms with Crippen molar-refractivity contribution in [3.63, 3.8) is 0 Å². The van der Waals surface area contributed by atoms with E-state index < -0.39 is 0 Å². The van der Waals surface area contributed by atoms with Gasteiger partial charge in [-0.3, -0.25) is 9.59 Å². The molecule has 3 aromatic rings. The number of rotatable bonds is 6. The Hall–Kier alpha value is -2.51. The van der Waals surface area contributed by atoms with E-state index in [9.17, 15) is 9.59 Å². The van der Waals surface area contributed by atoms with Gasteiger partial charge in [-0.05, 0) is 57.9 Å². The molecule has 0 spiro atoms. The van der Waals surface area contributed by atoms with E-state index in [4.69, 9.17) is 4.74 Å². The predicted octanol–water partition coefficient (Wildman–Crippen LogP) is 4.59. The zero-order valence-electron chi connectivity index (χ0n) is 19.2. The van der Waals surface area contributed by atoms with Crippen molar-refractivity contribution in [3.8, 4) is 0 Å². The normalized spacial score (nSPS) is 15.8. The number of aryl methyl sites for hydroxylation is 1. The molecule has 1 fully saturated rings. The molecule has 170 valence electrons. The first-order chi connectivity index (χ1) is 15.4. The van der Waals surface area contributed by atoms with Crippen LogP contribution in [0.3, 0.4) is 0 Å². The Morgan fingerprint density at radius 3 is 2.72 bits per heavy atom. The molecular weight excluding hydrogens is 422 g/mol. The summed E-state index contributed by atoms with van der Waals surface area (Å²) in [7, 11) is 0. The molecule has 1 aliphatic heterocycles. The van der Waals surface area contributed by atoms with Crippen molar-refractivity contribution in [3.05, 3.63) is 63.2 Å². The van der Waals surface area contributed by atoms with Crippen LogP contribution in [0.15, 0.2) is 40.0 Å². The summed E-state index contributed by atoms with van der Waals surface area (Å²) < 4.78 is 7.87. The molecule has 1 aromatic carbocycles. The quantitative estimate of drug-likeness (QED) is 0.536. The fourth-order valence-electron chi connectivity index (χ4n) is 4.90. The van der Waals surface area contributed by atoms with Crippen LogP contribution in [0.2, 0.25) is 0 Å². The van der Waals surface area contributed by atoms with Crippen LogP contribution in [0.1, 0.15) is 53.1 Å². The molecule has 0 bridgehead atoms. The maximum atomic E-state index is 13.4. The number of hydrogen-bond donors (Lipinski definition) is 2. The number of pyridine rings is 1. The first kappa shape index (κ1) is 22.7. The van der Waals surface area contributed by atoms with Gasteiger partial charge < -0.3 is 19.6 Å². The molecule has 1 atom stereocenters. The maximum absolute atomic E-state index is 13.4. The number of ether oxygens (including phenoxy) is 1. The minimum absolute atomic E-state index is 0.149. The SMILES string of the molecule is CSc1cc(C)[nH]c(=O)c1CNC(=O)c1c(C)n([C@H](C)C2CCOCC2)c2ccccc12. The maximum Gasteiger partial charge on any atom is 0.254 e.